The molecule has 0 saturated carbocycles. The third kappa shape index (κ3) is 3.88. The first kappa shape index (κ1) is 19.2. The van der Waals surface area contributed by atoms with Gasteiger partial charge in [-0.3, -0.25) is 4.79 Å². The Labute approximate surface area is 169 Å². The monoisotopic (exact) mass is 392 g/mol. The van der Waals surface area contributed by atoms with Crippen LogP contribution in [-0.4, -0.2) is 40.5 Å². The topological polar surface area (TPSA) is 72.6 Å². The zero-order valence-electron chi connectivity index (χ0n) is 16.6. The second-order valence-corrected chi connectivity index (χ2v) is 7.54. The molecule has 0 N–H and O–H groups in total. The number of carbonyl (C=O) groups is 2. The Morgan fingerprint density at radius 3 is 2.52 bits per heavy atom. The smallest absolute Gasteiger partial charge is 0.339 e. The summed E-state index contributed by atoms with van der Waals surface area (Å²) < 4.78 is 11.2. The fourth-order valence-corrected chi connectivity index (χ4v) is 4.03. The van der Waals surface area contributed by atoms with Crippen LogP contribution in [0.4, 0.5) is 0 Å². The summed E-state index contributed by atoms with van der Waals surface area (Å²) in [6, 6.07) is 14.7. The minimum absolute atomic E-state index is 0.155. The SMILES string of the molecule is C[C@@H]1CCC[C@@H](C)N1C(=O)COC(=O)c1ccccc1-c1nc2ccccc2o1. The molecule has 6 heteroatoms. The predicted octanol–water partition coefficient (Wildman–Crippen LogP) is 4.44. The van der Waals surface area contributed by atoms with Gasteiger partial charge in [-0.05, 0) is 57.4 Å². The second kappa shape index (κ2) is 8.07. The number of rotatable bonds is 4. The number of nitrogens with zero attached hydrogens (tertiary/aromatic N) is 2. The first-order valence-electron chi connectivity index (χ1n) is 9.98. The molecule has 6 nitrogen and oxygen atoms in total. The van der Waals surface area contributed by atoms with Crippen molar-refractivity contribution in [3.05, 3.63) is 54.1 Å². The minimum Gasteiger partial charge on any atom is -0.452 e. The molecular weight excluding hydrogens is 368 g/mol. The number of likely N-dealkylation sites (tertiary alicyclic amines) is 1. The maximum Gasteiger partial charge on any atom is 0.339 e. The van der Waals surface area contributed by atoms with Gasteiger partial charge in [0, 0.05) is 12.1 Å². The van der Waals surface area contributed by atoms with Crippen molar-refractivity contribution in [1.29, 1.82) is 0 Å². The number of hydrogen-bond acceptors (Lipinski definition) is 5. The van der Waals surface area contributed by atoms with E-state index in [1.54, 1.807) is 18.2 Å². The van der Waals surface area contributed by atoms with Crippen LogP contribution in [0.2, 0.25) is 0 Å². The van der Waals surface area contributed by atoms with Crippen LogP contribution >= 0.6 is 0 Å². The fourth-order valence-electron chi connectivity index (χ4n) is 4.03. The molecule has 2 atom stereocenters. The lowest BCUT2D eigenvalue weighted by atomic mass is 9.97. The van der Waals surface area contributed by atoms with Crippen LogP contribution < -0.4 is 0 Å². The summed E-state index contributed by atoms with van der Waals surface area (Å²) in [5, 5.41) is 0. The highest BCUT2D eigenvalue weighted by Crippen LogP contribution is 2.28. The predicted molar refractivity (Wildman–Crippen MR) is 109 cm³/mol. The van der Waals surface area contributed by atoms with E-state index in [0.717, 1.165) is 19.3 Å². The summed E-state index contributed by atoms with van der Waals surface area (Å²) in [6.07, 6.45) is 3.07. The molecule has 3 aromatic rings. The van der Waals surface area contributed by atoms with E-state index in [1.807, 2.05) is 49.1 Å². The van der Waals surface area contributed by atoms with Crippen LogP contribution in [0, 0.1) is 0 Å². The molecule has 0 radical (unpaired) electrons. The molecule has 1 amide bonds. The van der Waals surface area contributed by atoms with E-state index < -0.39 is 5.97 Å². The van der Waals surface area contributed by atoms with Crippen molar-refractivity contribution in [3.8, 4) is 11.5 Å². The van der Waals surface area contributed by atoms with Gasteiger partial charge in [0.1, 0.15) is 5.52 Å². The molecule has 4 rings (SSSR count). The lowest BCUT2D eigenvalue weighted by molar-refractivity contribution is -0.140. The summed E-state index contributed by atoms with van der Waals surface area (Å²) >= 11 is 0. The highest BCUT2D eigenvalue weighted by Gasteiger charge is 2.29. The van der Waals surface area contributed by atoms with E-state index in [4.69, 9.17) is 9.15 Å². The van der Waals surface area contributed by atoms with E-state index in [0.29, 0.717) is 28.1 Å². The van der Waals surface area contributed by atoms with Crippen LogP contribution in [0.25, 0.3) is 22.6 Å². The van der Waals surface area contributed by atoms with Crippen molar-refractivity contribution in [3.63, 3.8) is 0 Å². The quantitative estimate of drug-likeness (QED) is 0.614. The van der Waals surface area contributed by atoms with Crippen molar-refractivity contribution in [2.75, 3.05) is 6.61 Å². The molecule has 0 aliphatic carbocycles. The standard InChI is InChI=1S/C23H24N2O4/c1-15-8-7-9-16(2)25(15)21(26)14-28-23(27)18-11-4-3-10-17(18)22-24-19-12-5-6-13-20(19)29-22/h3-6,10-13,15-16H,7-9,14H2,1-2H3/t15-,16-/m1/s1. The summed E-state index contributed by atoms with van der Waals surface area (Å²) in [5.41, 5.74) is 2.23. The maximum absolute atomic E-state index is 12.7. The van der Waals surface area contributed by atoms with Gasteiger partial charge in [0.15, 0.2) is 12.2 Å². The number of benzene rings is 2. The van der Waals surface area contributed by atoms with E-state index >= 15 is 0 Å². The number of para-hydroxylation sites is 2. The van der Waals surface area contributed by atoms with Crippen molar-refractivity contribution in [1.82, 2.24) is 9.88 Å². The van der Waals surface area contributed by atoms with Crippen LogP contribution in [0.1, 0.15) is 43.5 Å². The average molecular weight is 392 g/mol. The molecular formula is C23H24N2O4. The van der Waals surface area contributed by atoms with E-state index in [2.05, 4.69) is 4.98 Å². The third-order valence-electron chi connectivity index (χ3n) is 5.48. The molecule has 29 heavy (non-hydrogen) atoms. The van der Waals surface area contributed by atoms with Gasteiger partial charge in [0.05, 0.1) is 11.1 Å². The normalized spacial score (nSPS) is 19.3. The van der Waals surface area contributed by atoms with E-state index in [1.165, 1.54) is 0 Å². The third-order valence-corrected chi connectivity index (χ3v) is 5.48. The maximum atomic E-state index is 12.7. The Kier molecular flexibility index (Phi) is 5.34. The summed E-state index contributed by atoms with van der Waals surface area (Å²) in [7, 11) is 0. The van der Waals surface area contributed by atoms with Gasteiger partial charge in [0.2, 0.25) is 5.89 Å². The number of piperidine rings is 1. The lowest BCUT2D eigenvalue weighted by Gasteiger charge is -2.38. The Bertz CT molecular complexity index is 999. The summed E-state index contributed by atoms with van der Waals surface area (Å²) in [4.78, 5) is 31.7. The number of aromatic nitrogens is 1. The Hall–Kier alpha value is -3.15. The summed E-state index contributed by atoms with van der Waals surface area (Å²) in [6.45, 7) is 3.81. The molecule has 1 fully saturated rings. The molecule has 0 unspecified atom stereocenters. The van der Waals surface area contributed by atoms with Crippen LogP contribution in [-0.2, 0) is 9.53 Å². The highest BCUT2D eigenvalue weighted by atomic mass is 16.5. The van der Waals surface area contributed by atoms with Gasteiger partial charge in [-0.1, -0.05) is 24.3 Å². The zero-order chi connectivity index (χ0) is 20.4. The second-order valence-electron chi connectivity index (χ2n) is 7.54. The van der Waals surface area contributed by atoms with Gasteiger partial charge >= 0.3 is 5.97 Å². The highest BCUT2D eigenvalue weighted by molar-refractivity contribution is 5.97. The number of oxazole rings is 1. The first-order valence-corrected chi connectivity index (χ1v) is 9.98. The average Bonchev–Trinajstić information content (AvgIpc) is 3.16. The van der Waals surface area contributed by atoms with Gasteiger partial charge in [0.25, 0.3) is 5.91 Å². The van der Waals surface area contributed by atoms with E-state index in [-0.39, 0.29) is 24.6 Å². The fraction of sp³-hybridized carbons (Fsp3) is 0.348. The Balaban J connectivity index is 1.51. The van der Waals surface area contributed by atoms with Crippen LogP contribution in [0.3, 0.4) is 0 Å². The summed E-state index contributed by atoms with van der Waals surface area (Å²) in [5.74, 6) is -0.366. The van der Waals surface area contributed by atoms with Crippen LogP contribution in [0.15, 0.2) is 52.9 Å². The van der Waals surface area contributed by atoms with Gasteiger partial charge < -0.3 is 14.1 Å². The van der Waals surface area contributed by atoms with Gasteiger partial charge in [-0.25, -0.2) is 9.78 Å². The molecule has 0 spiro atoms. The molecule has 1 aliphatic heterocycles. The van der Waals surface area contributed by atoms with Gasteiger partial charge in [-0.2, -0.15) is 0 Å². The number of amides is 1. The number of carbonyl (C=O) groups excluding carboxylic acids is 2. The Morgan fingerprint density at radius 2 is 1.76 bits per heavy atom. The number of hydrogen-bond donors (Lipinski definition) is 0. The van der Waals surface area contributed by atoms with Gasteiger partial charge in [-0.15, -0.1) is 0 Å². The lowest BCUT2D eigenvalue weighted by Crippen LogP contribution is -2.49. The van der Waals surface area contributed by atoms with Crippen molar-refractivity contribution in [2.24, 2.45) is 0 Å². The molecule has 0 bridgehead atoms. The molecule has 1 aromatic heterocycles. The molecule has 2 aromatic carbocycles. The van der Waals surface area contributed by atoms with Crippen molar-refractivity contribution >= 4 is 23.0 Å². The first-order chi connectivity index (χ1) is 14.0. The molecule has 2 heterocycles. The number of fused-ring (bicyclic) bond motifs is 1. The molecule has 150 valence electrons. The Morgan fingerprint density at radius 1 is 1.07 bits per heavy atom. The number of ether oxygens (including phenoxy) is 1. The molecule has 1 aliphatic rings. The van der Waals surface area contributed by atoms with Crippen LogP contribution in [0.5, 0.6) is 0 Å². The van der Waals surface area contributed by atoms with Crippen molar-refractivity contribution < 1.29 is 18.7 Å². The zero-order valence-corrected chi connectivity index (χ0v) is 16.6. The number of esters is 1. The largest absolute Gasteiger partial charge is 0.452 e. The van der Waals surface area contributed by atoms with Crippen molar-refractivity contribution in [2.45, 2.75) is 45.2 Å². The minimum atomic E-state index is -0.562. The van der Waals surface area contributed by atoms with E-state index in [9.17, 15) is 9.59 Å². The molecule has 1 saturated heterocycles.